The van der Waals surface area contributed by atoms with Gasteiger partial charge in [0.05, 0.1) is 0 Å². The van der Waals surface area contributed by atoms with Gasteiger partial charge in [-0.15, -0.1) is 0 Å². The molecule has 0 radical (unpaired) electrons. The molecule has 0 spiro atoms. The predicted octanol–water partition coefficient (Wildman–Crippen LogP) is 1.88. The molecule has 0 N–H and O–H groups in total. The number of hydrogen-bond donors (Lipinski definition) is 0. The van der Waals surface area contributed by atoms with E-state index in [1.54, 1.807) is 12.4 Å². The summed E-state index contributed by atoms with van der Waals surface area (Å²) in [5.41, 5.74) is 1.99. The summed E-state index contributed by atoms with van der Waals surface area (Å²) in [5, 5.41) is 0.764. The molecule has 0 unspecified atom stereocenters. The van der Waals surface area contributed by atoms with E-state index < -0.39 is 0 Å². The summed E-state index contributed by atoms with van der Waals surface area (Å²) in [6, 6.07) is 0. The summed E-state index contributed by atoms with van der Waals surface area (Å²) >= 11 is 3.30. The molecule has 0 fully saturated rings. The minimum Gasteiger partial charge on any atom is -0.244 e. The van der Waals surface area contributed by atoms with E-state index in [0.717, 1.165) is 16.5 Å². The van der Waals surface area contributed by atoms with Gasteiger partial charge in [-0.3, -0.25) is 0 Å². The van der Waals surface area contributed by atoms with E-state index >= 15 is 0 Å². The Hall–Kier alpha value is -0.700. The number of hydrogen-bond acceptors (Lipinski definition) is 2. The van der Waals surface area contributed by atoms with Crippen LogP contribution in [-0.2, 0) is 0 Å². The van der Waals surface area contributed by atoms with Gasteiger partial charge in [-0.1, -0.05) is 22.5 Å². The average molecular weight is 199 g/mol. The van der Waals surface area contributed by atoms with Gasteiger partial charge in [0.25, 0.3) is 0 Å². The Bertz CT molecular complexity index is 220. The highest BCUT2D eigenvalue weighted by Crippen LogP contribution is 2.10. The summed E-state index contributed by atoms with van der Waals surface area (Å²) in [6.45, 7) is 3.82. The van der Waals surface area contributed by atoms with Crippen LogP contribution >= 0.6 is 15.9 Å². The molecule has 1 rings (SSSR count). The first-order valence-electron chi connectivity index (χ1n) is 2.83. The molecule has 52 valence electrons. The van der Waals surface area contributed by atoms with Crippen molar-refractivity contribution in [3.05, 3.63) is 30.9 Å². The number of aromatic nitrogens is 2. The van der Waals surface area contributed by atoms with Gasteiger partial charge >= 0.3 is 0 Å². The lowest BCUT2D eigenvalue weighted by Crippen LogP contribution is -1.85. The third-order valence-electron chi connectivity index (χ3n) is 1.13. The van der Waals surface area contributed by atoms with Crippen LogP contribution in [0.1, 0.15) is 5.56 Å². The molecule has 0 aliphatic carbocycles. The predicted molar refractivity (Wildman–Crippen MR) is 44.9 cm³/mol. The number of halogens is 1. The molecule has 0 bridgehead atoms. The van der Waals surface area contributed by atoms with Crippen molar-refractivity contribution in [1.29, 1.82) is 0 Å². The van der Waals surface area contributed by atoms with Crippen molar-refractivity contribution in [1.82, 2.24) is 9.97 Å². The van der Waals surface area contributed by atoms with Gasteiger partial charge in [0, 0.05) is 23.3 Å². The summed E-state index contributed by atoms with van der Waals surface area (Å²) in [5.74, 6) is 0. The average Bonchev–Trinajstić information content (AvgIpc) is 2.05. The quantitative estimate of drug-likeness (QED) is 0.679. The standard InChI is InChI=1S/C7H7BrN2/c1-6(2-8)7-3-9-5-10-4-7/h3-5H,1-2H2. The number of alkyl halides is 1. The molecule has 0 saturated carbocycles. The zero-order chi connectivity index (χ0) is 7.40. The van der Waals surface area contributed by atoms with Crippen LogP contribution in [-0.4, -0.2) is 15.3 Å². The zero-order valence-electron chi connectivity index (χ0n) is 5.42. The normalized spacial score (nSPS) is 9.30. The van der Waals surface area contributed by atoms with Crippen molar-refractivity contribution < 1.29 is 0 Å². The summed E-state index contributed by atoms with van der Waals surface area (Å²) in [7, 11) is 0. The molecule has 0 aliphatic heterocycles. The molecular formula is C7H7BrN2. The minimum atomic E-state index is 0.764. The van der Waals surface area contributed by atoms with Crippen LogP contribution < -0.4 is 0 Å². The summed E-state index contributed by atoms with van der Waals surface area (Å²) in [4.78, 5) is 7.72. The van der Waals surface area contributed by atoms with Crippen molar-refractivity contribution in [3.63, 3.8) is 0 Å². The lowest BCUT2D eigenvalue weighted by molar-refractivity contribution is 1.15. The Morgan fingerprint density at radius 3 is 2.60 bits per heavy atom. The van der Waals surface area contributed by atoms with E-state index in [2.05, 4.69) is 32.5 Å². The third-order valence-corrected chi connectivity index (χ3v) is 1.81. The van der Waals surface area contributed by atoms with Crippen molar-refractivity contribution in [2.45, 2.75) is 0 Å². The maximum atomic E-state index is 3.86. The zero-order valence-corrected chi connectivity index (χ0v) is 7.00. The second-order valence-corrected chi connectivity index (χ2v) is 2.43. The Morgan fingerprint density at radius 1 is 1.50 bits per heavy atom. The molecule has 10 heavy (non-hydrogen) atoms. The monoisotopic (exact) mass is 198 g/mol. The maximum absolute atomic E-state index is 3.86. The second kappa shape index (κ2) is 3.46. The molecule has 1 heterocycles. The number of nitrogens with zero attached hydrogens (tertiary/aromatic N) is 2. The van der Waals surface area contributed by atoms with E-state index in [9.17, 15) is 0 Å². The van der Waals surface area contributed by atoms with Crippen molar-refractivity contribution >= 4 is 21.5 Å². The highest BCUT2D eigenvalue weighted by molar-refractivity contribution is 9.09. The Kier molecular flexibility index (Phi) is 2.57. The highest BCUT2D eigenvalue weighted by atomic mass is 79.9. The molecule has 2 nitrogen and oxygen atoms in total. The van der Waals surface area contributed by atoms with Gasteiger partial charge < -0.3 is 0 Å². The van der Waals surface area contributed by atoms with E-state index in [1.807, 2.05) is 0 Å². The van der Waals surface area contributed by atoms with Gasteiger partial charge in [0.15, 0.2) is 0 Å². The molecule has 0 aliphatic rings. The SMILES string of the molecule is C=C(CBr)c1cncnc1. The van der Waals surface area contributed by atoms with Crippen molar-refractivity contribution in [2.75, 3.05) is 5.33 Å². The van der Waals surface area contributed by atoms with Gasteiger partial charge in [-0.25, -0.2) is 9.97 Å². The smallest absolute Gasteiger partial charge is 0.115 e. The van der Waals surface area contributed by atoms with Crippen LogP contribution in [0.15, 0.2) is 25.3 Å². The van der Waals surface area contributed by atoms with Gasteiger partial charge in [-0.2, -0.15) is 0 Å². The lowest BCUT2D eigenvalue weighted by Gasteiger charge is -1.96. The Morgan fingerprint density at radius 2 is 2.10 bits per heavy atom. The van der Waals surface area contributed by atoms with E-state index in [-0.39, 0.29) is 0 Å². The van der Waals surface area contributed by atoms with E-state index in [1.165, 1.54) is 6.33 Å². The lowest BCUT2D eigenvalue weighted by atomic mass is 10.2. The maximum Gasteiger partial charge on any atom is 0.115 e. The Balaban J connectivity index is 2.85. The second-order valence-electron chi connectivity index (χ2n) is 1.86. The molecule has 0 aromatic carbocycles. The molecular weight excluding hydrogens is 192 g/mol. The molecule has 0 amide bonds. The third kappa shape index (κ3) is 1.64. The molecule has 1 aromatic rings. The van der Waals surface area contributed by atoms with Gasteiger partial charge in [0.2, 0.25) is 0 Å². The first-order chi connectivity index (χ1) is 4.84. The first-order valence-corrected chi connectivity index (χ1v) is 3.96. The van der Waals surface area contributed by atoms with Crippen molar-refractivity contribution in [2.24, 2.45) is 0 Å². The van der Waals surface area contributed by atoms with Crippen LogP contribution in [0, 0.1) is 0 Å². The van der Waals surface area contributed by atoms with Crippen LogP contribution in [0.2, 0.25) is 0 Å². The van der Waals surface area contributed by atoms with E-state index in [4.69, 9.17) is 0 Å². The first kappa shape index (κ1) is 7.41. The fourth-order valence-electron chi connectivity index (χ4n) is 0.559. The Labute approximate surface area is 68.1 Å². The van der Waals surface area contributed by atoms with E-state index in [0.29, 0.717) is 0 Å². The number of rotatable bonds is 2. The number of allylic oxidation sites excluding steroid dienone is 1. The largest absolute Gasteiger partial charge is 0.244 e. The van der Waals surface area contributed by atoms with Crippen LogP contribution in [0.25, 0.3) is 5.57 Å². The molecule has 0 saturated heterocycles. The fraction of sp³-hybridized carbons (Fsp3) is 0.143. The molecule has 0 atom stereocenters. The van der Waals surface area contributed by atoms with Crippen LogP contribution in [0.4, 0.5) is 0 Å². The van der Waals surface area contributed by atoms with Crippen molar-refractivity contribution in [3.8, 4) is 0 Å². The van der Waals surface area contributed by atoms with Gasteiger partial charge in [0.1, 0.15) is 6.33 Å². The molecule has 1 aromatic heterocycles. The topological polar surface area (TPSA) is 25.8 Å². The molecule has 3 heteroatoms. The summed E-state index contributed by atoms with van der Waals surface area (Å²) < 4.78 is 0. The fourth-order valence-corrected chi connectivity index (χ4v) is 0.883. The summed E-state index contributed by atoms with van der Waals surface area (Å²) in [6.07, 6.45) is 5.00. The minimum absolute atomic E-state index is 0.764. The van der Waals surface area contributed by atoms with Crippen LogP contribution in [0.5, 0.6) is 0 Å². The van der Waals surface area contributed by atoms with Gasteiger partial charge in [-0.05, 0) is 5.57 Å². The van der Waals surface area contributed by atoms with Crippen LogP contribution in [0.3, 0.4) is 0 Å². The highest BCUT2D eigenvalue weighted by Gasteiger charge is 1.94.